The smallest absolute Gasteiger partial charge is 0.295 e. The summed E-state index contributed by atoms with van der Waals surface area (Å²) in [6.07, 6.45) is 1.92. The van der Waals surface area contributed by atoms with E-state index in [1.165, 1.54) is 0 Å². The minimum Gasteiger partial charge on any atom is -0.507 e. The van der Waals surface area contributed by atoms with Crippen molar-refractivity contribution < 1.29 is 28.9 Å². The number of unbranched alkanes of at least 4 members (excludes halogenated alkanes) is 1. The maximum Gasteiger partial charge on any atom is 0.295 e. The monoisotopic (exact) mass is 566 g/mol. The minimum atomic E-state index is -0.777. The maximum absolute atomic E-state index is 13.5. The number of likely N-dealkylation sites (tertiary alicyclic amines) is 1. The number of rotatable bonds is 15. The van der Waals surface area contributed by atoms with Gasteiger partial charge >= 0.3 is 0 Å². The highest BCUT2D eigenvalue weighted by atomic mass is 16.5. The van der Waals surface area contributed by atoms with E-state index in [1.54, 1.807) is 42.3 Å². The van der Waals surface area contributed by atoms with Gasteiger partial charge in [-0.15, -0.1) is 0 Å². The molecule has 1 heterocycles. The number of aliphatic hydroxyl groups excluding tert-OH is 1. The fraction of sp³-hybridized carbons (Fsp3) is 0.515. The molecule has 1 amide bonds. The van der Waals surface area contributed by atoms with Gasteiger partial charge in [0.2, 0.25) is 0 Å². The molecule has 1 aliphatic heterocycles. The van der Waals surface area contributed by atoms with Gasteiger partial charge in [-0.05, 0) is 73.8 Å². The number of amides is 1. The zero-order valence-electron chi connectivity index (χ0n) is 25.7. The van der Waals surface area contributed by atoms with Crippen molar-refractivity contribution in [2.24, 2.45) is 5.92 Å². The number of methoxy groups -OCH3 is 1. The summed E-state index contributed by atoms with van der Waals surface area (Å²) in [4.78, 5) is 30.7. The molecule has 0 bridgehead atoms. The number of Topliss-reactive ketones (excluding diaryl/α,β-unsaturated/α-hetero) is 1. The van der Waals surface area contributed by atoms with Crippen LogP contribution in [0.5, 0.6) is 17.2 Å². The van der Waals surface area contributed by atoms with Crippen LogP contribution in [0.3, 0.4) is 0 Å². The molecule has 0 spiro atoms. The number of ether oxygens (including phenoxy) is 3. The quantitative estimate of drug-likeness (QED) is 0.123. The summed E-state index contributed by atoms with van der Waals surface area (Å²) in [5.41, 5.74) is 2.01. The normalized spacial score (nSPS) is 16.6. The van der Waals surface area contributed by atoms with Crippen LogP contribution in [-0.4, -0.2) is 73.1 Å². The molecule has 1 N–H and O–H groups in total. The van der Waals surface area contributed by atoms with E-state index in [2.05, 4.69) is 39.5 Å². The average molecular weight is 567 g/mol. The summed E-state index contributed by atoms with van der Waals surface area (Å²) < 4.78 is 17.4. The number of aryl methyl sites for hydroxylation is 1. The number of likely N-dealkylation sites (N-methyl/N-ethyl adjacent to an activating group) is 1. The molecular formula is C33H46N2O6. The molecule has 3 rings (SSSR count). The van der Waals surface area contributed by atoms with Crippen LogP contribution in [0.2, 0.25) is 0 Å². The zero-order chi connectivity index (χ0) is 30.1. The third kappa shape index (κ3) is 7.61. The van der Waals surface area contributed by atoms with E-state index in [1.807, 2.05) is 13.0 Å². The molecule has 0 aliphatic carbocycles. The lowest BCUT2D eigenvalue weighted by Crippen LogP contribution is -2.38. The summed E-state index contributed by atoms with van der Waals surface area (Å²) in [6, 6.07) is 9.97. The van der Waals surface area contributed by atoms with Gasteiger partial charge in [-0.2, -0.15) is 0 Å². The van der Waals surface area contributed by atoms with Gasteiger partial charge in [-0.1, -0.05) is 47.1 Å². The number of carbonyl (C=O) groups excluding carboxylic acids is 2. The van der Waals surface area contributed by atoms with E-state index < -0.39 is 17.7 Å². The number of nitrogens with zero attached hydrogens (tertiary/aromatic N) is 2. The highest BCUT2D eigenvalue weighted by molar-refractivity contribution is 6.46. The number of hydrogen-bond acceptors (Lipinski definition) is 7. The van der Waals surface area contributed by atoms with E-state index in [9.17, 15) is 14.7 Å². The summed E-state index contributed by atoms with van der Waals surface area (Å²) in [6.45, 7) is 16.0. The van der Waals surface area contributed by atoms with Crippen LogP contribution in [-0.2, 0) is 9.59 Å². The second kappa shape index (κ2) is 14.9. The van der Waals surface area contributed by atoms with Gasteiger partial charge in [0.15, 0.2) is 11.5 Å². The molecule has 1 atom stereocenters. The molecule has 2 aromatic rings. The first-order valence-electron chi connectivity index (χ1n) is 14.7. The van der Waals surface area contributed by atoms with Crippen LogP contribution in [0.1, 0.15) is 70.2 Å². The van der Waals surface area contributed by atoms with Gasteiger partial charge < -0.3 is 29.1 Å². The first-order chi connectivity index (χ1) is 19.7. The van der Waals surface area contributed by atoms with Crippen LogP contribution in [0.4, 0.5) is 0 Å². The fourth-order valence-electron chi connectivity index (χ4n) is 4.92. The fourth-order valence-corrected chi connectivity index (χ4v) is 4.92. The SMILES string of the molecule is CCCCOc1ccc(C2C(=C(O)c3ccc(OCC(C)C)c(C)c3)C(=O)C(=O)N2CCN(CC)CC)cc1OC. The molecule has 2 aromatic carbocycles. The van der Waals surface area contributed by atoms with Crippen molar-refractivity contribution in [3.8, 4) is 17.2 Å². The molecule has 1 aliphatic rings. The predicted octanol–water partition coefficient (Wildman–Crippen LogP) is 5.98. The van der Waals surface area contributed by atoms with Gasteiger partial charge in [-0.25, -0.2) is 0 Å². The zero-order valence-corrected chi connectivity index (χ0v) is 25.7. The molecule has 8 nitrogen and oxygen atoms in total. The minimum absolute atomic E-state index is 0.0616. The Kier molecular flexibility index (Phi) is 11.6. The van der Waals surface area contributed by atoms with Crippen molar-refractivity contribution >= 4 is 17.4 Å². The Morgan fingerprint density at radius 1 is 1.00 bits per heavy atom. The summed E-state index contributed by atoms with van der Waals surface area (Å²) in [5.74, 6) is 0.656. The second-order valence-corrected chi connectivity index (χ2v) is 10.8. The highest BCUT2D eigenvalue weighted by Crippen LogP contribution is 2.42. The number of benzene rings is 2. The van der Waals surface area contributed by atoms with Crippen molar-refractivity contribution in [1.29, 1.82) is 0 Å². The van der Waals surface area contributed by atoms with Gasteiger partial charge in [0.1, 0.15) is 11.5 Å². The van der Waals surface area contributed by atoms with Gasteiger partial charge in [-0.3, -0.25) is 9.59 Å². The van der Waals surface area contributed by atoms with Crippen LogP contribution >= 0.6 is 0 Å². The Balaban J connectivity index is 2.09. The third-order valence-corrected chi connectivity index (χ3v) is 7.37. The van der Waals surface area contributed by atoms with E-state index >= 15 is 0 Å². The molecule has 224 valence electrons. The molecule has 1 saturated heterocycles. The van der Waals surface area contributed by atoms with E-state index in [-0.39, 0.29) is 11.3 Å². The molecule has 0 saturated carbocycles. The Hall–Kier alpha value is -3.52. The van der Waals surface area contributed by atoms with Crippen molar-refractivity contribution in [3.63, 3.8) is 0 Å². The topological polar surface area (TPSA) is 88.5 Å². The van der Waals surface area contributed by atoms with Crippen LogP contribution in [0.25, 0.3) is 5.76 Å². The Morgan fingerprint density at radius 3 is 2.32 bits per heavy atom. The Morgan fingerprint density at radius 2 is 1.71 bits per heavy atom. The molecule has 8 heteroatoms. The van der Waals surface area contributed by atoms with Gasteiger partial charge in [0.25, 0.3) is 11.7 Å². The second-order valence-electron chi connectivity index (χ2n) is 10.8. The Bertz CT molecular complexity index is 1230. The molecular weight excluding hydrogens is 520 g/mol. The largest absolute Gasteiger partial charge is 0.507 e. The molecule has 0 radical (unpaired) electrons. The first-order valence-corrected chi connectivity index (χ1v) is 14.7. The molecule has 1 unspecified atom stereocenters. The van der Waals surface area contributed by atoms with Crippen molar-refractivity contribution in [3.05, 3.63) is 58.7 Å². The van der Waals surface area contributed by atoms with Crippen molar-refractivity contribution in [2.75, 3.05) is 46.5 Å². The molecule has 41 heavy (non-hydrogen) atoms. The van der Waals surface area contributed by atoms with E-state index in [0.717, 1.165) is 37.2 Å². The lowest BCUT2D eigenvalue weighted by atomic mass is 9.94. The van der Waals surface area contributed by atoms with Crippen LogP contribution in [0.15, 0.2) is 42.0 Å². The number of hydrogen-bond donors (Lipinski definition) is 1. The summed E-state index contributed by atoms with van der Waals surface area (Å²) in [7, 11) is 1.56. The van der Waals surface area contributed by atoms with E-state index in [0.29, 0.717) is 54.8 Å². The van der Waals surface area contributed by atoms with E-state index in [4.69, 9.17) is 14.2 Å². The molecule has 1 fully saturated rings. The summed E-state index contributed by atoms with van der Waals surface area (Å²) >= 11 is 0. The molecule has 0 aromatic heterocycles. The number of ketones is 1. The number of aliphatic hydroxyl groups is 1. The van der Waals surface area contributed by atoms with Crippen LogP contribution < -0.4 is 14.2 Å². The lowest BCUT2D eigenvalue weighted by molar-refractivity contribution is -0.140. The first kappa shape index (κ1) is 32.0. The van der Waals surface area contributed by atoms with Crippen molar-refractivity contribution in [2.45, 2.75) is 60.4 Å². The van der Waals surface area contributed by atoms with Gasteiger partial charge in [0.05, 0.1) is 31.9 Å². The summed E-state index contributed by atoms with van der Waals surface area (Å²) in [5, 5.41) is 11.6. The van der Waals surface area contributed by atoms with Gasteiger partial charge in [0, 0.05) is 18.7 Å². The lowest BCUT2D eigenvalue weighted by Gasteiger charge is -2.28. The van der Waals surface area contributed by atoms with Crippen molar-refractivity contribution in [1.82, 2.24) is 9.80 Å². The average Bonchev–Trinajstić information content (AvgIpc) is 3.21. The predicted molar refractivity (Wildman–Crippen MR) is 162 cm³/mol. The highest BCUT2D eigenvalue weighted by Gasteiger charge is 2.46. The third-order valence-electron chi connectivity index (χ3n) is 7.37. The van der Waals surface area contributed by atoms with Crippen LogP contribution in [0, 0.1) is 12.8 Å². The Labute approximate surface area is 244 Å². The maximum atomic E-state index is 13.5. The standard InChI is InChI=1S/C33H46N2O6/c1-8-11-18-40-27-15-12-24(20-28(27)39-7)30-29(32(37)33(38)35(30)17-16-34(9-2)10-3)31(36)25-13-14-26(23(6)19-25)41-21-22(4)5/h12-15,19-20,22,30,36H,8-11,16-18,21H2,1-7H3. The number of carbonyl (C=O) groups is 2.